The van der Waals surface area contributed by atoms with Crippen LogP contribution in [-0.4, -0.2) is 56.4 Å². The topological polar surface area (TPSA) is 180 Å². The molecule has 2 aromatic heterocycles. The molecule has 1 atom stereocenters. The zero-order chi connectivity index (χ0) is 20.3. The van der Waals surface area contributed by atoms with Crippen LogP contribution in [0.15, 0.2) is 26.4 Å². The predicted molar refractivity (Wildman–Crippen MR) is 104 cm³/mol. The van der Waals surface area contributed by atoms with Crippen LogP contribution >= 0.6 is 0 Å². The van der Waals surface area contributed by atoms with E-state index in [9.17, 15) is 19.5 Å². The van der Waals surface area contributed by atoms with Crippen LogP contribution < -0.4 is 27.6 Å². The van der Waals surface area contributed by atoms with Gasteiger partial charge in [-0.25, -0.2) is 4.79 Å². The lowest BCUT2D eigenvalue weighted by atomic mass is 10.1. The summed E-state index contributed by atoms with van der Waals surface area (Å²) in [6.45, 7) is 0.187. The smallest absolute Gasteiger partial charge is 0.351 e. The van der Waals surface area contributed by atoms with Crippen molar-refractivity contribution < 1.29 is 9.90 Å². The number of nitrogens with one attached hydrogen (secondary N) is 3. The average Bonchev–Trinajstić information content (AvgIpc) is 3.15. The molecule has 0 saturated carbocycles. The van der Waals surface area contributed by atoms with E-state index in [0.29, 0.717) is 12.1 Å². The fraction of sp³-hybridized carbons (Fsp3) is 0.375. The van der Waals surface area contributed by atoms with Gasteiger partial charge in [0, 0.05) is 44.9 Å². The van der Waals surface area contributed by atoms with Crippen LogP contribution in [0.3, 0.4) is 0 Å². The Morgan fingerprint density at radius 1 is 1.43 bits per heavy atom. The normalized spacial score (nSPS) is 14.2. The van der Waals surface area contributed by atoms with Gasteiger partial charge in [0.25, 0.3) is 5.56 Å². The first-order valence-corrected chi connectivity index (χ1v) is 8.56. The maximum Gasteiger partial charge on any atom is 0.351 e. The number of carboxylic acid groups (broad SMARTS) is 1. The van der Waals surface area contributed by atoms with Crippen LogP contribution in [0, 0.1) is 0 Å². The third kappa shape index (κ3) is 3.91. The van der Waals surface area contributed by atoms with Crippen molar-refractivity contribution in [2.75, 3.05) is 24.6 Å². The predicted octanol–water partition coefficient (Wildman–Crippen LogP) is -1.10. The average molecular weight is 388 g/mol. The van der Waals surface area contributed by atoms with Crippen molar-refractivity contribution >= 4 is 35.0 Å². The van der Waals surface area contributed by atoms with Gasteiger partial charge in [0.1, 0.15) is 17.2 Å². The standard InChI is InChI=1S/C16H20N8O4/c1-18-15-22-12-10(13(25)23-15)11(17)21-16(28)24(12)6-5-20-9(14(26)27)7-8-3-2-4-19-8/h3-4,9,20H,2,5-7H2,1H3,(H,26,27)(H2,17,21,28)(H2,18,22,23,25). The maximum absolute atomic E-state index is 12.3. The second kappa shape index (κ2) is 8.00. The van der Waals surface area contributed by atoms with Gasteiger partial charge in [-0.2, -0.15) is 9.97 Å². The molecule has 0 spiro atoms. The number of aliphatic imine (C=N–C) groups is 1. The maximum atomic E-state index is 12.3. The minimum absolute atomic E-state index is 0.00108. The first kappa shape index (κ1) is 19.2. The van der Waals surface area contributed by atoms with E-state index in [4.69, 9.17) is 5.73 Å². The highest BCUT2D eigenvalue weighted by Crippen LogP contribution is 2.13. The lowest BCUT2D eigenvalue weighted by Gasteiger charge is -2.15. The first-order chi connectivity index (χ1) is 13.4. The minimum Gasteiger partial charge on any atom is -0.480 e. The number of aromatic nitrogens is 4. The Kier molecular flexibility index (Phi) is 5.49. The van der Waals surface area contributed by atoms with E-state index in [2.05, 4.69) is 30.6 Å². The fourth-order valence-corrected chi connectivity index (χ4v) is 2.87. The van der Waals surface area contributed by atoms with Crippen molar-refractivity contribution in [3.8, 4) is 0 Å². The molecule has 12 heteroatoms. The number of carboxylic acids is 1. The zero-order valence-electron chi connectivity index (χ0n) is 15.1. The number of fused-ring (bicyclic) bond motifs is 1. The summed E-state index contributed by atoms with van der Waals surface area (Å²) in [6.07, 6.45) is 4.48. The molecule has 3 heterocycles. The lowest BCUT2D eigenvalue weighted by molar-refractivity contribution is -0.139. The SMILES string of the molecule is CNc1nc2c(c(N)nc(=O)n2CCNC(CC2=CCC=N2)C(=O)O)c(=O)[nH]1. The summed E-state index contributed by atoms with van der Waals surface area (Å²) in [6, 6.07) is -0.866. The molecular weight excluding hydrogens is 368 g/mol. The summed E-state index contributed by atoms with van der Waals surface area (Å²) in [7, 11) is 1.57. The zero-order valence-corrected chi connectivity index (χ0v) is 15.1. The molecule has 2 aromatic rings. The number of nitrogen functional groups attached to an aromatic ring is 1. The van der Waals surface area contributed by atoms with Crippen molar-refractivity contribution in [3.05, 3.63) is 32.6 Å². The second-order valence-electron chi connectivity index (χ2n) is 6.09. The molecule has 1 aliphatic heterocycles. The number of aliphatic carboxylic acids is 1. The molecule has 3 rings (SSSR count). The highest BCUT2D eigenvalue weighted by molar-refractivity contribution is 5.85. The van der Waals surface area contributed by atoms with E-state index >= 15 is 0 Å². The molecule has 28 heavy (non-hydrogen) atoms. The van der Waals surface area contributed by atoms with Gasteiger partial charge in [-0.1, -0.05) is 6.08 Å². The molecule has 6 N–H and O–H groups in total. The molecule has 0 amide bonds. The number of nitrogens with zero attached hydrogens (tertiary/aromatic N) is 4. The van der Waals surface area contributed by atoms with E-state index in [1.807, 2.05) is 6.08 Å². The van der Waals surface area contributed by atoms with Crippen LogP contribution in [0.2, 0.25) is 0 Å². The molecule has 0 bridgehead atoms. The van der Waals surface area contributed by atoms with Crippen molar-refractivity contribution in [2.45, 2.75) is 25.4 Å². The molecule has 0 radical (unpaired) electrons. The number of aromatic amines is 1. The summed E-state index contributed by atoms with van der Waals surface area (Å²) in [5.74, 6) is -1.07. The third-order valence-electron chi connectivity index (χ3n) is 4.25. The van der Waals surface area contributed by atoms with E-state index < -0.39 is 23.3 Å². The highest BCUT2D eigenvalue weighted by Gasteiger charge is 2.20. The number of allylic oxidation sites excluding steroid dienone is 1. The largest absolute Gasteiger partial charge is 0.480 e. The van der Waals surface area contributed by atoms with Crippen LogP contribution in [0.5, 0.6) is 0 Å². The quantitative estimate of drug-likeness (QED) is 0.375. The van der Waals surface area contributed by atoms with Gasteiger partial charge in [0.2, 0.25) is 5.95 Å². The summed E-state index contributed by atoms with van der Waals surface area (Å²) < 4.78 is 1.18. The Hall–Kier alpha value is -3.54. The monoisotopic (exact) mass is 388 g/mol. The summed E-state index contributed by atoms with van der Waals surface area (Å²) in [5, 5.41) is 15.0. The van der Waals surface area contributed by atoms with Crippen LogP contribution in [0.1, 0.15) is 12.8 Å². The van der Waals surface area contributed by atoms with Crippen molar-refractivity contribution in [1.29, 1.82) is 0 Å². The Balaban J connectivity index is 1.84. The molecule has 0 saturated heterocycles. The van der Waals surface area contributed by atoms with E-state index in [0.717, 1.165) is 0 Å². The van der Waals surface area contributed by atoms with Gasteiger partial charge < -0.3 is 21.5 Å². The molecule has 0 aromatic carbocycles. The number of H-pyrrole nitrogens is 1. The van der Waals surface area contributed by atoms with Crippen LogP contribution in [0.25, 0.3) is 11.0 Å². The van der Waals surface area contributed by atoms with Crippen molar-refractivity contribution in [2.24, 2.45) is 4.99 Å². The van der Waals surface area contributed by atoms with Gasteiger partial charge in [-0.05, 0) is 0 Å². The van der Waals surface area contributed by atoms with Gasteiger partial charge in [0.05, 0.1) is 0 Å². The lowest BCUT2D eigenvalue weighted by Crippen LogP contribution is -2.40. The number of anilines is 2. The summed E-state index contributed by atoms with van der Waals surface area (Å²) in [4.78, 5) is 50.5. The number of hydrogen-bond donors (Lipinski definition) is 5. The Morgan fingerprint density at radius 3 is 2.86 bits per heavy atom. The summed E-state index contributed by atoms with van der Waals surface area (Å²) >= 11 is 0. The first-order valence-electron chi connectivity index (χ1n) is 8.56. The number of carbonyl (C=O) groups is 1. The Labute approximate surface area is 158 Å². The molecule has 12 nitrogen and oxygen atoms in total. The third-order valence-corrected chi connectivity index (χ3v) is 4.25. The Morgan fingerprint density at radius 2 is 2.21 bits per heavy atom. The minimum atomic E-state index is -1.03. The van der Waals surface area contributed by atoms with Gasteiger partial charge in [0.15, 0.2) is 5.65 Å². The van der Waals surface area contributed by atoms with Crippen molar-refractivity contribution in [3.63, 3.8) is 0 Å². The molecule has 0 fully saturated rings. The molecule has 0 aliphatic carbocycles. The molecule has 1 aliphatic rings. The molecule has 148 valence electrons. The van der Waals surface area contributed by atoms with Crippen molar-refractivity contribution in [1.82, 2.24) is 24.8 Å². The highest BCUT2D eigenvalue weighted by atomic mass is 16.4. The number of rotatable bonds is 8. The summed E-state index contributed by atoms with van der Waals surface area (Å²) in [5.41, 5.74) is 5.27. The van der Waals surface area contributed by atoms with Gasteiger partial charge in [-0.3, -0.25) is 24.1 Å². The van der Waals surface area contributed by atoms with Crippen LogP contribution in [0.4, 0.5) is 11.8 Å². The second-order valence-corrected chi connectivity index (χ2v) is 6.09. The van der Waals surface area contributed by atoms with Crippen LogP contribution in [-0.2, 0) is 11.3 Å². The van der Waals surface area contributed by atoms with E-state index in [1.54, 1.807) is 13.3 Å². The molecular formula is C16H20N8O4. The van der Waals surface area contributed by atoms with E-state index in [-0.39, 0.29) is 42.3 Å². The molecule has 1 unspecified atom stereocenters. The Bertz CT molecular complexity index is 1080. The van der Waals surface area contributed by atoms with Gasteiger partial charge in [-0.15, -0.1) is 0 Å². The number of hydrogen-bond acceptors (Lipinski definition) is 9. The van der Waals surface area contributed by atoms with Gasteiger partial charge >= 0.3 is 11.7 Å². The van der Waals surface area contributed by atoms with E-state index in [1.165, 1.54) is 4.57 Å². The fourth-order valence-electron chi connectivity index (χ4n) is 2.87. The number of nitrogens with two attached hydrogens (primary N) is 1.